The van der Waals surface area contributed by atoms with Crippen LogP contribution in [-0.2, 0) is 0 Å². The quantitative estimate of drug-likeness (QED) is 0.926. The molecule has 1 aromatic heterocycles. The van der Waals surface area contributed by atoms with Crippen molar-refractivity contribution in [1.29, 1.82) is 0 Å². The number of piperidine rings is 1. The molecule has 4 heteroatoms. The number of rotatable bonds is 4. The first-order chi connectivity index (χ1) is 9.69. The van der Waals surface area contributed by atoms with Gasteiger partial charge >= 0.3 is 0 Å². The molecule has 0 amide bonds. The molecular formula is C16H27N3S. The lowest BCUT2D eigenvalue weighted by molar-refractivity contribution is 0.0320. The molecule has 3 heterocycles. The highest BCUT2D eigenvalue weighted by Crippen LogP contribution is 2.42. The van der Waals surface area contributed by atoms with E-state index in [2.05, 4.69) is 41.3 Å². The highest BCUT2D eigenvalue weighted by Gasteiger charge is 2.50. The Morgan fingerprint density at radius 1 is 1.50 bits per heavy atom. The van der Waals surface area contributed by atoms with E-state index >= 15 is 0 Å². The summed E-state index contributed by atoms with van der Waals surface area (Å²) in [6, 6.07) is 5.53. The van der Waals surface area contributed by atoms with Gasteiger partial charge in [-0.15, -0.1) is 11.3 Å². The van der Waals surface area contributed by atoms with Crippen LogP contribution >= 0.6 is 11.3 Å². The molecule has 3 atom stereocenters. The predicted molar refractivity (Wildman–Crippen MR) is 86.1 cm³/mol. The van der Waals surface area contributed by atoms with Crippen molar-refractivity contribution < 1.29 is 0 Å². The third kappa shape index (κ3) is 2.23. The monoisotopic (exact) mass is 293 g/mol. The predicted octanol–water partition coefficient (Wildman–Crippen LogP) is 2.70. The number of hydrogen-bond acceptors (Lipinski definition) is 4. The molecule has 3 nitrogen and oxygen atoms in total. The lowest BCUT2D eigenvalue weighted by Gasteiger charge is -2.48. The van der Waals surface area contributed by atoms with Gasteiger partial charge in [-0.3, -0.25) is 9.80 Å². The summed E-state index contributed by atoms with van der Waals surface area (Å²) >= 11 is 1.86. The first-order valence-electron chi connectivity index (χ1n) is 7.89. The summed E-state index contributed by atoms with van der Waals surface area (Å²) in [5.74, 6) is 0. The molecule has 0 radical (unpaired) electrons. The minimum Gasteiger partial charge on any atom is -0.329 e. The Balaban J connectivity index is 1.85. The van der Waals surface area contributed by atoms with Gasteiger partial charge in [0.1, 0.15) is 0 Å². The molecule has 0 bridgehead atoms. The van der Waals surface area contributed by atoms with Gasteiger partial charge in [0.25, 0.3) is 0 Å². The first-order valence-corrected chi connectivity index (χ1v) is 8.77. The second-order valence-corrected chi connectivity index (χ2v) is 7.39. The number of nitrogens with two attached hydrogens (primary N) is 1. The summed E-state index contributed by atoms with van der Waals surface area (Å²) in [5, 5.41) is 2.18. The number of hydrogen-bond donors (Lipinski definition) is 1. The van der Waals surface area contributed by atoms with Crippen LogP contribution in [0.1, 0.15) is 43.5 Å². The molecule has 0 aliphatic carbocycles. The molecule has 112 valence electrons. The van der Waals surface area contributed by atoms with E-state index < -0.39 is 0 Å². The number of fused-ring (bicyclic) bond motifs is 1. The molecule has 2 aliphatic rings. The lowest BCUT2D eigenvalue weighted by atomic mass is 9.83. The van der Waals surface area contributed by atoms with Crippen molar-refractivity contribution in [1.82, 2.24) is 9.80 Å². The Morgan fingerprint density at radius 2 is 2.35 bits per heavy atom. The van der Waals surface area contributed by atoms with Gasteiger partial charge in [-0.2, -0.15) is 0 Å². The van der Waals surface area contributed by atoms with Crippen LogP contribution in [0.5, 0.6) is 0 Å². The molecule has 3 rings (SSSR count). The third-order valence-electron chi connectivity index (χ3n) is 5.66. The maximum absolute atomic E-state index is 6.30. The van der Waals surface area contributed by atoms with Crippen LogP contribution in [-0.4, -0.2) is 48.1 Å². The van der Waals surface area contributed by atoms with E-state index in [1.54, 1.807) is 0 Å². The van der Waals surface area contributed by atoms with Crippen molar-refractivity contribution >= 4 is 11.3 Å². The van der Waals surface area contributed by atoms with E-state index in [0.717, 1.165) is 6.54 Å². The van der Waals surface area contributed by atoms with Crippen LogP contribution in [0.25, 0.3) is 0 Å². The summed E-state index contributed by atoms with van der Waals surface area (Å²) in [6.07, 6.45) is 5.27. The van der Waals surface area contributed by atoms with Crippen LogP contribution in [0.4, 0.5) is 0 Å². The number of nitrogens with zero attached hydrogens (tertiary/aromatic N) is 2. The molecule has 1 aromatic rings. The topological polar surface area (TPSA) is 32.5 Å². The van der Waals surface area contributed by atoms with E-state index in [9.17, 15) is 0 Å². The first kappa shape index (κ1) is 14.5. The molecular weight excluding hydrogens is 266 g/mol. The Morgan fingerprint density at radius 3 is 3.05 bits per heavy atom. The summed E-state index contributed by atoms with van der Waals surface area (Å²) in [6.45, 7) is 5.60. The van der Waals surface area contributed by atoms with Crippen molar-refractivity contribution in [2.75, 3.05) is 26.7 Å². The summed E-state index contributed by atoms with van der Waals surface area (Å²) in [7, 11) is 2.29. The van der Waals surface area contributed by atoms with Crippen LogP contribution in [0, 0.1) is 0 Å². The number of likely N-dealkylation sites (N-methyl/N-ethyl adjacent to an activating group) is 1. The van der Waals surface area contributed by atoms with Gasteiger partial charge in [-0.25, -0.2) is 0 Å². The van der Waals surface area contributed by atoms with Crippen molar-refractivity contribution in [2.45, 2.75) is 50.2 Å². The van der Waals surface area contributed by atoms with Gasteiger partial charge < -0.3 is 5.73 Å². The molecule has 20 heavy (non-hydrogen) atoms. The standard InChI is InChI=1S/C16H27N3S/c1-13(14-6-5-11-20-14)18(2)16(12-17)8-10-19-9-4-3-7-15(16)19/h5-6,11,13,15H,3-4,7-10,12,17H2,1-2H3. The van der Waals surface area contributed by atoms with Crippen LogP contribution in [0.3, 0.4) is 0 Å². The summed E-state index contributed by atoms with van der Waals surface area (Å²) < 4.78 is 0. The molecule has 2 N–H and O–H groups in total. The zero-order valence-corrected chi connectivity index (χ0v) is 13.5. The summed E-state index contributed by atoms with van der Waals surface area (Å²) in [5.41, 5.74) is 6.47. The molecule has 0 spiro atoms. The fourth-order valence-corrected chi connectivity index (χ4v) is 5.10. The van der Waals surface area contributed by atoms with Gasteiger partial charge in [0.2, 0.25) is 0 Å². The molecule has 2 saturated heterocycles. The maximum Gasteiger partial charge on any atom is 0.0502 e. The molecule has 2 fully saturated rings. The van der Waals surface area contributed by atoms with E-state index in [1.807, 2.05) is 11.3 Å². The zero-order chi connectivity index (χ0) is 14.2. The minimum absolute atomic E-state index is 0.170. The fourth-order valence-electron chi connectivity index (χ4n) is 4.27. The van der Waals surface area contributed by atoms with Gasteiger partial charge in [0.05, 0.1) is 5.54 Å². The second-order valence-electron chi connectivity index (χ2n) is 6.41. The van der Waals surface area contributed by atoms with Crippen molar-refractivity contribution in [3.8, 4) is 0 Å². The van der Waals surface area contributed by atoms with Crippen molar-refractivity contribution in [3.05, 3.63) is 22.4 Å². The van der Waals surface area contributed by atoms with Crippen LogP contribution < -0.4 is 5.73 Å². The van der Waals surface area contributed by atoms with Crippen LogP contribution in [0.15, 0.2) is 17.5 Å². The Labute approximate surface area is 126 Å². The van der Waals surface area contributed by atoms with E-state index in [4.69, 9.17) is 5.73 Å². The van der Waals surface area contributed by atoms with E-state index in [1.165, 1.54) is 43.6 Å². The average Bonchev–Trinajstić information content (AvgIpc) is 3.14. The average molecular weight is 293 g/mol. The Hall–Kier alpha value is -0.420. The Bertz CT molecular complexity index is 433. The highest BCUT2D eigenvalue weighted by atomic mass is 32.1. The molecule has 0 aromatic carbocycles. The van der Waals surface area contributed by atoms with Crippen molar-refractivity contribution in [3.63, 3.8) is 0 Å². The lowest BCUT2D eigenvalue weighted by Crippen LogP contribution is -2.60. The molecule has 3 unspecified atom stereocenters. The van der Waals surface area contributed by atoms with E-state index in [0.29, 0.717) is 12.1 Å². The zero-order valence-electron chi connectivity index (χ0n) is 12.7. The smallest absolute Gasteiger partial charge is 0.0502 e. The largest absolute Gasteiger partial charge is 0.329 e. The fraction of sp³-hybridized carbons (Fsp3) is 0.750. The van der Waals surface area contributed by atoms with Gasteiger partial charge in [0.15, 0.2) is 0 Å². The highest BCUT2D eigenvalue weighted by molar-refractivity contribution is 7.10. The summed E-state index contributed by atoms with van der Waals surface area (Å²) in [4.78, 5) is 6.72. The van der Waals surface area contributed by atoms with E-state index in [-0.39, 0.29) is 5.54 Å². The maximum atomic E-state index is 6.30. The number of thiophene rings is 1. The third-order valence-corrected chi connectivity index (χ3v) is 6.70. The SMILES string of the molecule is CC(c1cccs1)N(C)C1(CN)CCN2CCCCC21. The van der Waals surface area contributed by atoms with Crippen molar-refractivity contribution in [2.24, 2.45) is 5.73 Å². The Kier molecular flexibility index (Phi) is 4.18. The van der Waals surface area contributed by atoms with Gasteiger partial charge in [-0.05, 0) is 51.2 Å². The normalized spacial score (nSPS) is 32.5. The van der Waals surface area contributed by atoms with Gasteiger partial charge in [-0.1, -0.05) is 12.5 Å². The molecule has 2 aliphatic heterocycles. The molecule has 0 saturated carbocycles. The van der Waals surface area contributed by atoms with Gasteiger partial charge in [0, 0.05) is 30.1 Å². The second kappa shape index (κ2) is 5.76. The van der Waals surface area contributed by atoms with Crippen LogP contribution in [0.2, 0.25) is 0 Å². The minimum atomic E-state index is 0.170.